The van der Waals surface area contributed by atoms with Crippen molar-refractivity contribution in [1.29, 1.82) is 0 Å². The normalized spacial score (nSPS) is 19.2. The van der Waals surface area contributed by atoms with Crippen LogP contribution in [0.15, 0.2) is 36.4 Å². The quantitative estimate of drug-likeness (QED) is 0.487. The average Bonchev–Trinajstić information content (AvgIpc) is 2.84. The third-order valence-corrected chi connectivity index (χ3v) is 7.17. The molecule has 2 aliphatic rings. The summed E-state index contributed by atoms with van der Waals surface area (Å²) in [4.78, 5) is 29.6. The first-order chi connectivity index (χ1) is 18.4. The number of nitrogens with two attached hydrogens (primary N) is 1. The molecule has 2 aromatic carbocycles. The summed E-state index contributed by atoms with van der Waals surface area (Å²) >= 11 is 0. The average molecular weight is 554 g/mol. The van der Waals surface area contributed by atoms with Gasteiger partial charge in [0, 0.05) is 57.1 Å². The molecule has 212 valence electrons. The van der Waals surface area contributed by atoms with E-state index in [-0.39, 0.29) is 36.8 Å². The summed E-state index contributed by atoms with van der Waals surface area (Å²) in [5, 5.41) is 2.57. The molecule has 39 heavy (non-hydrogen) atoms. The Labute approximate surface area is 223 Å². The van der Waals surface area contributed by atoms with Gasteiger partial charge in [0.1, 0.15) is 0 Å². The van der Waals surface area contributed by atoms with Crippen molar-refractivity contribution in [3.63, 3.8) is 0 Å². The second kappa shape index (κ2) is 12.0. The Hall–Kier alpha value is -3.09. The standard InChI is InChI=1S/C27H32F5N5O2/c1-17-12-37(16-25(33)38)14-20-10-18(3-5-22(17)20)26(39)34-21-4-2-19(23(11-21)27(30,31)32)13-35-6-8-36(9-7-35)15-24(28)29/h2-5,10-11,17,24H,6-9,12-16H2,1H3,(H2,33,38)(H,34,39)/t17-/m0/s1. The number of anilines is 1. The van der Waals surface area contributed by atoms with Crippen LogP contribution in [-0.4, -0.2) is 78.8 Å². The highest BCUT2D eigenvalue weighted by Crippen LogP contribution is 2.35. The molecule has 7 nitrogen and oxygen atoms in total. The van der Waals surface area contributed by atoms with E-state index in [4.69, 9.17) is 5.73 Å². The van der Waals surface area contributed by atoms with Gasteiger partial charge in [-0.3, -0.25) is 24.3 Å². The largest absolute Gasteiger partial charge is 0.416 e. The number of nitrogens with zero attached hydrogens (tertiary/aromatic N) is 3. The van der Waals surface area contributed by atoms with Gasteiger partial charge in [0.2, 0.25) is 5.91 Å². The first-order valence-corrected chi connectivity index (χ1v) is 12.8. The Balaban J connectivity index is 1.46. The second-order valence-corrected chi connectivity index (χ2v) is 10.2. The summed E-state index contributed by atoms with van der Waals surface area (Å²) in [6, 6.07) is 8.88. The fourth-order valence-corrected chi connectivity index (χ4v) is 5.32. The van der Waals surface area contributed by atoms with E-state index in [2.05, 4.69) is 5.32 Å². The van der Waals surface area contributed by atoms with E-state index in [0.29, 0.717) is 44.8 Å². The predicted molar refractivity (Wildman–Crippen MR) is 136 cm³/mol. The summed E-state index contributed by atoms with van der Waals surface area (Å²) in [5.41, 5.74) is 6.75. The number of amides is 2. The number of alkyl halides is 5. The van der Waals surface area contributed by atoms with Crippen LogP contribution in [0.5, 0.6) is 0 Å². The molecule has 2 aliphatic heterocycles. The van der Waals surface area contributed by atoms with Gasteiger partial charge in [-0.2, -0.15) is 13.2 Å². The van der Waals surface area contributed by atoms with E-state index in [1.165, 1.54) is 12.1 Å². The molecule has 2 amide bonds. The molecule has 0 aliphatic carbocycles. The molecule has 12 heteroatoms. The monoisotopic (exact) mass is 553 g/mol. The lowest BCUT2D eigenvalue weighted by Crippen LogP contribution is -2.47. The van der Waals surface area contributed by atoms with Crippen LogP contribution >= 0.6 is 0 Å². The molecule has 1 atom stereocenters. The number of fused-ring (bicyclic) bond motifs is 1. The molecule has 0 spiro atoms. The lowest BCUT2D eigenvalue weighted by atomic mass is 9.89. The number of halogens is 5. The minimum Gasteiger partial charge on any atom is -0.369 e. The van der Waals surface area contributed by atoms with Gasteiger partial charge < -0.3 is 11.1 Å². The van der Waals surface area contributed by atoms with Gasteiger partial charge in [0.15, 0.2) is 0 Å². The van der Waals surface area contributed by atoms with Crippen LogP contribution < -0.4 is 11.1 Å². The topological polar surface area (TPSA) is 81.9 Å². The molecular weight excluding hydrogens is 521 g/mol. The number of hydrogen-bond donors (Lipinski definition) is 2. The van der Waals surface area contributed by atoms with E-state index in [9.17, 15) is 31.5 Å². The second-order valence-electron chi connectivity index (χ2n) is 10.2. The lowest BCUT2D eigenvalue weighted by molar-refractivity contribution is -0.138. The molecule has 2 aromatic rings. The van der Waals surface area contributed by atoms with Crippen LogP contribution in [0.4, 0.5) is 27.6 Å². The van der Waals surface area contributed by atoms with Crippen molar-refractivity contribution in [2.24, 2.45) is 5.73 Å². The minimum absolute atomic E-state index is 0.0132. The first-order valence-electron chi connectivity index (χ1n) is 12.8. The molecule has 0 aromatic heterocycles. The number of piperazine rings is 1. The van der Waals surface area contributed by atoms with Crippen LogP contribution in [-0.2, 0) is 24.1 Å². The molecular formula is C27H32F5N5O2. The van der Waals surface area contributed by atoms with Gasteiger partial charge in [0.05, 0.1) is 18.7 Å². The van der Waals surface area contributed by atoms with Crippen molar-refractivity contribution in [3.8, 4) is 0 Å². The highest BCUT2D eigenvalue weighted by atomic mass is 19.4. The molecule has 2 heterocycles. The van der Waals surface area contributed by atoms with Gasteiger partial charge >= 0.3 is 6.18 Å². The van der Waals surface area contributed by atoms with Gasteiger partial charge in [0.25, 0.3) is 12.3 Å². The Morgan fingerprint density at radius 3 is 2.36 bits per heavy atom. The smallest absolute Gasteiger partial charge is 0.369 e. The van der Waals surface area contributed by atoms with Crippen LogP contribution in [0.2, 0.25) is 0 Å². The summed E-state index contributed by atoms with van der Waals surface area (Å²) in [6.07, 6.45) is -7.09. The molecule has 1 fully saturated rings. The number of hydrogen-bond acceptors (Lipinski definition) is 5. The first kappa shape index (κ1) is 28.9. The van der Waals surface area contributed by atoms with Crippen molar-refractivity contribution >= 4 is 17.5 Å². The molecule has 4 rings (SSSR count). The third-order valence-electron chi connectivity index (χ3n) is 7.17. The maximum atomic E-state index is 13.9. The van der Waals surface area contributed by atoms with E-state index in [1.807, 2.05) is 17.9 Å². The van der Waals surface area contributed by atoms with Gasteiger partial charge in [-0.15, -0.1) is 0 Å². The summed E-state index contributed by atoms with van der Waals surface area (Å²) in [5.74, 6) is -0.870. The van der Waals surface area contributed by atoms with Crippen molar-refractivity contribution in [2.75, 3.05) is 51.1 Å². The fraction of sp³-hybridized carbons (Fsp3) is 0.481. The summed E-state index contributed by atoms with van der Waals surface area (Å²) in [7, 11) is 0. The predicted octanol–water partition coefficient (Wildman–Crippen LogP) is 3.74. The molecule has 0 saturated carbocycles. The maximum absolute atomic E-state index is 13.9. The Kier molecular flexibility index (Phi) is 8.87. The Morgan fingerprint density at radius 1 is 1.03 bits per heavy atom. The van der Waals surface area contributed by atoms with Gasteiger partial charge in [-0.1, -0.05) is 19.1 Å². The van der Waals surface area contributed by atoms with Crippen molar-refractivity contribution < 1.29 is 31.5 Å². The van der Waals surface area contributed by atoms with Gasteiger partial charge in [-0.05, 0) is 46.9 Å². The zero-order chi connectivity index (χ0) is 28.3. The molecule has 1 saturated heterocycles. The van der Waals surface area contributed by atoms with Crippen molar-refractivity contribution in [3.05, 3.63) is 64.2 Å². The maximum Gasteiger partial charge on any atom is 0.416 e. The zero-order valence-corrected chi connectivity index (χ0v) is 21.6. The SMILES string of the molecule is C[C@H]1CN(CC(N)=O)Cc2cc(C(=O)Nc3ccc(CN4CCN(CC(F)F)CC4)c(C(F)(F)F)c3)ccc21. The number of carbonyl (C=O) groups is 2. The number of benzene rings is 2. The molecule has 0 radical (unpaired) electrons. The van der Waals surface area contributed by atoms with Crippen molar-refractivity contribution in [1.82, 2.24) is 14.7 Å². The van der Waals surface area contributed by atoms with E-state index in [0.717, 1.165) is 17.2 Å². The highest BCUT2D eigenvalue weighted by molar-refractivity contribution is 6.04. The number of nitrogens with one attached hydrogen (secondary N) is 1. The Morgan fingerprint density at radius 2 is 1.72 bits per heavy atom. The Bertz CT molecular complexity index is 1200. The van der Waals surface area contributed by atoms with Crippen LogP contribution in [0.1, 0.15) is 45.5 Å². The van der Waals surface area contributed by atoms with E-state index < -0.39 is 30.0 Å². The van der Waals surface area contributed by atoms with Crippen LogP contribution in [0.25, 0.3) is 0 Å². The third kappa shape index (κ3) is 7.52. The lowest BCUT2D eigenvalue weighted by Gasteiger charge is -2.34. The van der Waals surface area contributed by atoms with E-state index >= 15 is 0 Å². The van der Waals surface area contributed by atoms with Crippen LogP contribution in [0, 0.1) is 0 Å². The number of carbonyl (C=O) groups excluding carboxylic acids is 2. The summed E-state index contributed by atoms with van der Waals surface area (Å²) in [6.45, 7) is 4.37. The summed E-state index contributed by atoms with van der Waals surface area (Å²) < 4.78 is 67.0. The van der Waals surface area contributed by atoms with E-state index in [1.54, 1.807) is 21.9 Å². The van der Waals surface area contributed by atoms with Gasteiger partial charge in [-0.25, -0.2) is 8.78 Å². The molecule has 0 bridgehead atoms. The molecule has 0 unspecified atom stereocenters. The van der Waals surface area contributed by atoms with Crippen LogP contribution in [0.3, 0.4) is 0 Å². The zero-order valence-electron chi connectivity index (χ0n) is 21.6. The minimum atomic E-state index is -4.64. The molecule has 3 N–H and O–H groups in total. The fourth-order valence-electron chi connectivity index (χ4n) is 5.32. The number of primary amides is 1. The number of rotatable bonds is 8. The van der Waals surface area contributed by atoms with Crippen molar-refractivity contribution in [2.45, 2.75) is 38.5 Å². The highest BCUT2D eigenvalue weighted by Gasteiger charge is 2.34.